The van der Waals surface area contributed by atoms with E-state index >= 15 is 0 Å². The number of rotatable bonds is 9. The molecule has 106 valence electrons. The van der Waals surface area contributed by atoms with Crippen molar-refractivity contribution in [2.24, 2.45) is 5.92 Å². The van der Waals surface area contributed by atoms with Gasteiger partial charge in [0.05, 0.1) is 6.42 Å². The normalized spacial score (nSPS) is 12.6. The van der Waals surface area contributed by atoms with Crippen molar-refractivity contribution in [2.75, 3.05) is 12.3 Å². The van der Waals surface area contributed by atoms with E-state index in [0.717, 1.165) is 18.7 Å². The van der Waals surface area contributed by atoms with E-state index in [1.54, 1.807) is 11.8 Å². The summed E-state index contributed by atoms with van der Waals surface area (Å²) < 4.78 is 0. The van der Waals surface area contributed by atoms with Crippen LogP contribution in [0, 0.1) is 5.92 Å². The summed E-state index contributed by atoms with van der Waals surface area (Å²) in [5, 5.41) is 12.3. The quantitative estimate of drug-likeness (QED) is 0.682. The number of aliphatic carboxylic acids is 1. The lowest BCUT2D eigenvalue weighted by Crippen LogP contribution is -2.34. The fourth-order valence-corrected chi connectivity index (χ4v) is 2.67. The summed E-state index contributed by atoms with van der Waals surface area (Å²) in [6.07, 6.45) is 1.25. The Bertz CT molecular complexity index is 368. The lowest BCUT2D eigenvalue weighted by molar-refractivity contribution is -0.137. The van der Waals surface area contributed by atoms with Crippen molar-refractivity contribution in [1.29, 1.82) is 0 Å². The molecule has 0 fully saturated rings. The zero-order chi connectivity index (χ0) is 14.1. The van der Waals surface area contributed by atoms with Gasteiger partial charge in [0.15, 0.2) is 0 Å². The van der Waals surface area contributed by atoms with Gasteiger partial charge in [-0.1, -0.05) is 32.0 Å². The van der Waals surface area contributed by atoms with Crippen molar-refractivity contribution < 1.29 is 9.90 Å². The molecule has 3 nitrogen and oxygen atoms in total. The summed E-state index contributed by atoms with van der Waals surface area (Å²) in [6.45, 7) is 5.23. The molecule has 1 rings (SSSR count). The fraction of sp³-hybridized carbons (Fsp3) is 0.533. The van der Waals surface area contributed by atoms with Gasteiger partial charge in [-0.05, 0) is 31.0 Å². The first-order valence-electron chi connectivity index (χ1n) is 6.71. The highest BCUT2D eigenvalue weighted by molar-refractivity contribution is 7.99. The van der Waals surface area contributed by atoms with E-state index in [-0.39, 0.29) is 12.5 Å². The predicted molar refractivity (Wildman–Crippen MR) is 80.7 cm³/mol. The molecule has 1 aromatic carbocycles. The van der Waals surface area contributed by atoms with Crippen LogP contribution in [0.4, 0.5) is 0 Å². The van der Waals surface area contributed by atoms with Crippen LogP contribution in [0.25, 0.3) is 0 Å². The Hall–Kier alpha value is -1.00. The third kappa shape index (κ3) is 7.90. The molecule has 0 radical (unpaired) electrons. The summed E-state index contributed by atoms with van der Waals surface area (Å²) in [5.41, 5.74) is 0. The number of hydrogen-bond acceptors (Lipinski definition) is 3. The first kappa shape index (κ1) is 16.1. The lowest BCUT2D eigenvalue weighted by Gasteiger charge is -2.17. The topological polar surface area (TPSA) is 49.3 Å². The van der Waals surface area contributed by atoms with E-state index in [9.17, 15) is 4.79 Å². The highest BCUT2D eigenvalue weighted by Gasteiger charge is 2.13. The van der Waals surface area contributed by atoms with Gasteiger partial charge in [0.2, 0.25) is 0 Å². The molecular formula is C15H23NO2S. The zero-order valence-electron chi connectivity index (χ0n) is 11.6. The minimum absolute atomic E-state index is 0.0291. The van der Waals surface area contributed by atoms with Crippen LogP contribution in [0.15, 0.2) is 35.2 Å². The van der Waals surface area contributed by atoms with E-state index in [2.05, 4.69) is 31.3 Å². The Labute approximate surface area is 119 Å². The summed E-state index contributed by atoms with van der Waals surface area (Å²) in [7, 11) is 0. The molecule has 1 atom stereocenters. The first-order chi connectivity index (χ1) is 9.08. The van der Waals surface area contributed by atoms with Gasteiger partial charge in [-0.25, -0.2) is 0 Å². The van der Waals surface area contributed by atoms with Gasteiger partial charge < -0.3 is 10.4 Å². The van der Waals surface area contributed by atoms with Crippen LogP contribution in [-0.2, 0) is 4.79 Å². The summed E-state index contributed by atoms with van der Waals surface area (Å²) >= 11 is 1.70. The second kappa shape index (κ2) is 8.99. The lowest BCUT2D eigenvalue weighted by atomic mass is 10.1. The largest absolute Gasteiger partial charge is 0.481 e. The van der Waals surface area contributed by atoms with Gasteiger partial charge in [-0.2, -0.15) is 0 Å². The Balaban J connectivity index is 2.38. The van der Waals surface area contributed by atoms with Crippen LogP contribution < -0.4 is 5.32 Å². The van der Waals surface area contributed by atoms with Gasteiger partial charge in [-0.15, -0.1) is 11.8 Å². The number of nitrogens with one attached hydrogen (secondary N) is 1. The SMILES string of the molecule is CC(C)CCNC(CSc1ccccc1)CC(=O)O. The van der Waals surface area contributed by atoms with E-state index in [1.165, 1.54) is 4.90 Å². The van der Waals surface area contributed by atoms with Crippen molar-refractivity contribution in [2.45, 2.75) is 37.6 Å². The highest BCUT2D eigenvalue weighted by atomic mass is 32.2. The molecule has 0 bridgehead atoms. The fourth-order valence-electron chi connectivity index (χ4n) is 1.69. The number of thioether (sulfide) groups is 1. The Kier molecular flexibility index (Phi) is 7.60. The molecular weight excluding hydrogens is 258 g/mol. The first-order valence-corrected chi connectivity index (χ1v) is 7.69. The van der Waals surface area contributed by atoms with Crippen LogP contribution in [0.3, 0.4) is 0 Å². The second-order valence-electron chi connectivity index (χ2n) is 5.06. The molecule has 0 spiro atoms. The molecule has 0 amide bonds. The van der Waals surface area contributed by atoms with Gasteiger partial charge in [0.25, 0.3) is 0 Å². The minimum Gasteiger partial charge on any atom is -0.481 e. The molecule has 1 unspecified atom stereocenters. The molecule has 0 heterocycles. The van der Waals surface area contributed by atoms with Crippen molar-refractivity contribution in [1.82, 2.24) is 5.32 Å². The number of carboxylic acids is 1. The average Bonchev–Trinajstić information content (AvgIpc) is 2.36. The molecule has 0 aliphatic rings. The molecule has 0 aliphatic carbocycles. The van der Waals surface area contributed by atoms with Crippen LogP contribution in [0.1, 0.15) is 26.7 Å². The van der Waals surface area contributed by atoms with Gasteiger partial charge in [0, 0.05) is 16.7 Å². The Morgan fingerprint density at radius 3 is 2.58 bits per heavy atom. The zero-order valence-corrected chi connectivity index (χ0v) is 12.5. The van der Waals surface area contributed by atoms with Crippen molar-refractivity contribution in [3.8, 4) is 0 Å². The Morgan fingerprint density at radius 1 is 1.32 bits per heavy atom. The van der Waals surface area contributed by atoms with E-state index in [0.29, 0.717) is 5.92 Å². The van der Waals surface area contributed by atoms with Crippen LogP contribution >= 0.6 is 11.8 Å². The highest BCUT2D eigenvalue weighted by Crippen LogP contribution is 2.18. The molecule has 19 heavy (non-hydrogen) atoms. The van der Waals surface area contributed by atoms with E-state index in [4.69, 9.17) is 5.11 Å². The summed E-state index contributed by atoms with van der Waals surface area (Å²) in [4.78, 5) is 12.1. The van der Waals surface area contributed by atoms with Gasteiger partial charge in [0.1, 0.15) is 0 Å². The molecule has 0 aromatic heterocycles. The smallest absolute Gasteiger partial charge is 0.304 e. The molecule has 2 N–H and O–H groups in total. The monoisotopic (exact) mass is 281 g/mol. The van der Waals surface area contributed by atoms with Gasteiger partial charge in [-0.3, -0.25) is 4.79 Å². The third-order valence-corrected chi connectivity index (χ3v) is 3.94. The maximum Gasteiger partial charge on any atom is 0.304 e. The predicted octanol–water partition coefficient (Wildman–Crippen LogP) is 3.26. The maximum absolute atomic E-state index is 10.9. The van der Waals surface area contributed by atoms with E-state index in [1.807, 2.05) is 18.2 Å². The maximum atomic E-state index is 10.9. The van der Waals surface area contributed by atoms with Crippen molar-refractivity contribution in [3.05, 3.63) is 30.3 Å². The number of benzene rings is 1. The number of hydrogen-bond donors (Lipinski definition) is 2. The van der Waals surface area contributed by atoms with Crippen LogP contribution in [-0.4, -0.2) is 29.4 Å². The molecule has 1 aromatic rings. The average molecular weight is 281 g/mol. The summed E-state index contributed by atoms with van der Waals surface area (Å²) in [5.74, 6) is 0.685. The Morgan fingerprint density at radius 2 is 2.00 bits per heavy atom. The minimum atomic E-state index is -0.740. The second-order valence-corrected chi connectivity index (χ2v) is 6.15. The number of carbonyl (C=O) groups is 1. The molecule has 0 aliphatic heterocycles. The van der Waals surface area contributed by atoms with Crippen LogP contribution in [0.2, 0.25) is 0 Å². The van der Waals surface area contributed by atoms with Gasteiger partial charge >= 0.3 is 5.97 Å². The van der Waals surface area contributed by atoms with Crippen molar-refractivity contribution in [3.63, 3.8) is 0 Å². The molecule has 4 heteroatoms. The standard InChI is InChI=1S/C15H23NO2S/c1-12(2)8-9-16-13(10-15(17)18)11-19-14-6-4-3-5-7-14/h3-7,12-13,16H,8-11H2,1-2H3,(H,17,18). The molecule has 0 saturated carbocycles. The summed E-state index contributed by atoms with van der Waals surface area (Å²) in [6, 6.07) is 10.1. The van der Waals surface area contributed by atoms with Crippen molar-refractivity contribution >= 4 is 17.7 Å². The van der Waals surface area contributed by atoms with E-state index < -0.39 is 5.97 Å². The third-order valence-electron chi connectivity index (χ3n) is 2.77. The molecule has 0 saturated heterocycles. The number of carboxylic acid groups (broad SMARTS) is 1. The van der Waals surface area contributed by atoms with Crippen LogP contribution in [0.5, 0.6) is 0 Å².